The number of hydrogen-bond acceptors (Lipinski definition) is 7. The predicted octanol–water partition coefficient (Wildman–Crippen LogP) is 1.83. The molecule has 1 atom stereocenters. The average Bonchev–Trinajstić information content (AvgIpc) is 3.30. The van der Waals surface area contributed by atoms with Crippen molar-refractivity contribution in [2.75, 3.05) is 11.5 Å². The molecule has 9 nitrogen and oxygen atoms in total. The zero-order valence-electron chi connectivity index (χ0n) is 15.3. The monoisotopic (exact) mass is 437 g/mol. The lowest BCUT2D eigenvalue weighted by atomic mass is 10.1. The SMILES string of the molecule is CCc1nn(C2CCS(=O)(=O)C2)c(Cl)c1C(=O)ON1C(=O)c2ccccc2C1=O. The van der Waals surface area contributed by atoms with Crippen LogP contribution in [0.1, 0.15) is 56.2 Å². The molecule has 1 saturated heterocycles. The summed E-state index contributed by atoms with van der Waals surface area (Å²) in [6.45, 7) is 1.74. The van der Waals surface area contributed by atoms with Gasteiger partial charge in [0.15, 0.2) is 9.84 Å². The van der Waals surface area contributed by atoms with E-state index in [1.807, 2.05) is 0 Å². The average molecular weight is 438 g/mol. The number of aromatic nitrogens is 2. The summed E-state index contributed by atoms with van der Waals surface area (Å²) < 4.78 is 24.9. The number of imide groups is 1. The molecule has 4 rings (SSSR count). The molecule has 11 heteroatoms. The molecule has 3 heterocycles. The van der Waals surface area contributed by atoms with Crippen LogP contribution in [0.4, 0.5) is 0 Å². The molecule has 152 valence electrons. The Balaban J connectivity index is 1.63. The number of carbonyl (C=O) groups excluding carboxylic acids is 3. The third kappa shape index (κ3) is 3.22. The Hall–Kier alpha value is -2.72. The van der Waals surface area contributed by atoms with E-state index in [4.69, 9.17) is 16.4 Å². The number of aryl methyl sites for hydroxylation is 1. The van der Waals surface area contributed by atoms with Crippen LogP contribution in [0.25, 0.3) is 0 Å². The van der Waals surface area contributed by atoms with E-state index >= 15 is 0 Å². The van der Waals surface area contributed by atoms with Crippen LogP contribution in [0.15, 0.2) is 24.3 Å². The number of halogens is 1. The standard InChI is InChI=1S/C18H16ClN3O6S/c1-2-13-14(15(19)21(20-13)10-7-8-29(26,27)9-10)18(25)28-22-16(23)11-5-3-4-6-12(11)17(22)24/h3-6,10H,2,7-9H2,1H3. The Labute approximate surface area is 171 Å². The van der Waals surface area contributed by atoms with Crippen molar-refractivity contribution in [3.63, 3.8) is 0 Å². The Kier molecular flexibility index (Phi) is 4.70. The van der Waals surface area contributed by atoms with Gasteiger partial charge in [0, 0.05) is 0 Å². The van der Waals surface area contributed by atoms with E-state index in [1.165, 1.54) is 16.8 Å². The van der Waals surface area contributed by atoms with Gasteiger partial charge in [0.2, 0.25) is 0 Å². The fraction of sp³-hybridized carbons (Fsp3) is 0.333. The molecule has 1 fully saturated rings. The third-order valence-electron chi connectivity index (χ3n) is 4.95. The van der Waals surface area contributed by atoms with Crippen molar-refractivity contribution in [3.8, 4) is 0 Å². The highest BCUT2D eigenvalue weighted by atomic mass is 35.5. The van der Waals surface area contributed by atoms with Crippen LogP contribution in [-0.2, 0) is 21.1 Å². The number of sulfone groups is 1. The van der Waals surface area contributed by atoms with Gasteiger partial charge in [-0.15, -0.1) is 0 Å². The van der Waals surface area contributed by atoms with E-state index in [9.17, 15) is 22.8 Å². The van der Waals surface area contributed by atoms with Gasteiger partial charge in [0.05, 0.1) is 34.4 Å². The van der Waals surface area contributed by atoms with Crippen molar-refractivity contribution in [1.82, 2.24) is 14.8 Å². The van der Waals surface area contributed by atoms with Gasteiger partial charge in [-0.3, -0.25) is 9.59 Å². The molecule has 0 radical (unpaired) electrons. The molecule has 1 unspecified atom stereocenters. The van der Waals surface area contributed by atoms with Crippen molar-refractivity contribution < 1.29 is 27.6 Å². The van der Waals surface area contributed by atoms with Gasteiger partial charge >= 0.3 is 5.97 Å². The zero-order valence-corrected chi connectivity index (χ0v) is 16.9. The van der Waals surface area contributed by atoms with Crippen molar-refractivity contribution >= 4 is 39.2 Å². The lowest BCUT2D eigenvalue weighted by Crippen LogP contribution is -2.33. The van der Waals surface area contributed by atoms with E-state index in [2.05, 4.69) is 5.10 Å². The van der Waals surface area contributed by atoms with Gasteiger partial charge in [-0.1, -0.05) is 35.7 Å². The highest BCUT2D eigenvalue weighted by molar-refractivity contribution is 7.91. The molecule has 0 bridgehead atoms. The number of rotatable bonds is 4. The summed E-state index contributed by atoms with van der Waals surface area (Å²) in [5.41, 5.74) is 0.480. The van der Waals surface area contributed by atoms with Crippen LogP contribution >= 0.6 is 11.6 Å². The Bertz CT molecular complexity index is 1120. The van der Waals surface area contributed by atoms with Gasteiger partial charge in [-0.25, -0.2) is 17.9 Å². The maximum Gasteiger partial charge on any atom is 0.368 e. The highest BCUT2D eigenvalue weighted by Crippen LogP contribution is 2.31. The summed E-state index contributed by atoms with van der Waals surface area (Å²) in [5, 5.41) is 4.60. The number of benzene rings is 1. The first-order chi connectivity index (χ1) is 13.7. The van der Waals surface area contributed by atoms with E-state index in [-0.39, 0.29) is 33.3 Å². The zero-order chi connectivity index (χ0) is 20.9. The molecule has 29 heavy (non-hydrogen) atoms. The van der Waals surface area contributed by atoms with Gasteiger partial charge in [0.25, 0.3) is 11.8 Å². The van der Waals surface area contributed by atoms with E-state index in [1.54, 1.807) is 19.1 Å². The van der Waals surface area contributed by atoms with E-state index < -0.39 is 33.7 Å². The fourth-order valence-electron chi connectivity index (χ4n) is 3.50. The van der Waals surface area contributed by atoms with E-state index in [0.29, 0.717) is 23.6 Å². The Morgan fingerprint density at radius 1 is 1.24 bits per heavy atom. The summed E-state index contributed by atoms with van der Waals surface area (Å²) in [7, 11) is -3.19. The minimum Gasteiger partial charge on any atom is -0.324 e. The van der Waals surface area contributed by atoms with Crippen molar-refractivity contribution in [1.29, 1.82) is 0 Å². The van der Waals surface area contributed by atoms with Crippen LogP contribution in [0.3, 0.4) is 0 Å². The maximum absolute atomic E-state index is 12.8. The molecular formula is C18H16ClN3O6S. The quantitative estimate of drug-likeness (QED) is 0.670. The smallest absolute Gasteiger partial charge is 0.324 e. The molecule has 1 aromatic carbocycles. The maximum atomic E-state index is 12.8. The van der Waals surface area contributed by atoms with Crippen molar-refractivity contribution in [2.24, 2.45) is 0 Å². The molecule has 0 N–H and O–H groups in total. The minimum absolute atomic E-state index is 0.0180. The molecule has 2 aliphatic heterocycles. The summed E-state index contributed by atoms with van der Waals surface area (Å²) >= 11 is 6.34. The number of nitrogens with zero attached hydrogens (tertiary/aromatic N) is 3. The predicted molar refractivity (Wildman–Crippen MR) is 101 cm³/mol. The second-order valence-corrected chi connectivity index (χ2v) is 9.38. The van der Waals surface area contributed by atoms with Crippen LogP contribution in [0.5, 0.6) is 0 Å². The van der Waals surface area contributed by atoms with Crippen LogP contribution in [0, 0.1) is 0 Å². The molecule has 0 saturated carbocycles. The molecule has 2 aromatic rings. The van der Waals surface area contributed by atoms with Crippen molar-refractivity contribution in [3.05, 3.63) is 51.8 Å². The van der Waals surface area contributed by atoms with Crippen LogP contribution in [-0.4, -0.2) is 52.6 Å². The first-order valence-corrected chi connectivity index (χ1v) is 11.1. The number of hydrogen-bond donors (Lipinski definition) is 0. The summed E-state index contributed by atoms with van der Waals surface area (Å²) in [5.74, 6) is -2.60. The lowest BCUT2D eigenvalue weighted by molar-refractivity contribution is -0.0585. The molecule has 2 aliphatic rings. The summed E-state index contributed by atoms with van der Waals surface area (Å²) in [6.07, 6.45) is 0.651. The molecule has 2 amide bonds. The van der Waals surface area contributed by atoms with Crippen LogP contribution in [0.2, 0.25) is 5.15 Å². The first-order valence-electron chi connectivity index (χ1n) is 8.91. The lowest BCUT2D eigenvalue weighted by Gasteiger charge is -2.13. The Morgan fingerprint density at radius 3 is 2.38 bits per heavy atom. The van der Waals surface area contributed by atoms with Crippen LogP contribution < -0.4 is 0 Å². The second kappa shape index (κ2) is 6.96. The fourth-order valence-corrected chi connectivity index (χ4v) is 5.55. The number of amides is 2. The molecule has 0 aliphatic carbocycles. The molecule has 0 spiro atoms. The van der Waals surface area contributed by atoms with Gasteiger partial charge in [0.1, 0.15) is 10.7 Å². The topological polar surface area (TPSA) is 116 Å². The second-order valence-electron chi connectivity index (χ2n) is 6.80. The van der Waals surface area contributed by atoms with E-state index in [0.717, 1.165) is 0 Å². The summed E-state index contributed by atoms with van der Waals surface area (Å²) in [4.78, 5) is 42.7. The first kappa shape index (κ1) is 19.6. The van der Waals surface area contributed by atoms with Gasteiger partial charge in [-0.2, -0.15) is 5.10 Å². The van der Waals surface area contributed by atoms with Gasteiger partial charge in [-0.05, 0) is 25.0 Å². The Morgan fingerprint density at radius 2 is 1.86 bits per heavy atom. The van der Waals surface area contributed by atoms with Crippen molar-refractivity contribution in [2.45, 2.75) is 25.8 Å². The molecular weight excluding hydrogens is 422 g/mol. The number of hydroxylamine groups is 2. The number of fused-ring (bicyclic) bond motifs is 1. The normalized spacial score (nSPS) is 20.2. The largest absolute Gasteiger partial charge is 0.368 e. The highest BCUT2D eigenvalue weighted by Gasteiger charge is 2.40. The third-order valence-corrected chi connectivity index (χ3v) is 7.06. The number of carbonyl (C=O) groups is 3. The minimum atomic E-state index is -3.19. The van der Waals surface area contributed by atoms with Gasteiger partial charge < -0.3 is 4.84 Å². The molecule has 1 aromatic heterocycles. The summed E-state index contributed by atoms with van der Waals surface area (Å²) in [6, 6.07) is 5.64.